The lowest BCUT2D eigenvalue weighted by atomic mass is 10.1. The Hall–Kier alpha value is -2.81. The maximum atomic E-state index is 13.4. The van der Waals surface area contributed by atoms with Gasteiger partial charge in [0.25, 0.3) is 5.91 Å². The standard InChI is InChI=1S/C20H13ClFN3O2S2/c1-10(26)23-13-5-2-11(3-6-13)15-9-28-20(24-15)25-19(27)18-17(21)14-7-4-12(22)8-16(14)29-18/h2-9H,1H3,(H,23,26)(H,24,25,27). The van der Waals surface area contributed by atoms with Crippen LogP contribution < -0.4 is 10.6 Å². The van der Waals surface area contributed by atoms with E-state index < -0.39 is 5.91 Å². The first-order valence-corrected chi connectivity index (χ1v) is 10.5. The first-order chi connectivity index (χ1) is 13.9. The fourth-order valence-electron chi connectivity index (χ4n) is 2.73. The van der Waals surface area contributed by atoms with Gasteiger partial charge in [0.1, 0.15) is 10.7 Å². The number of rotatable bonds is 4. The number of carbonyl (C=O) groups is 2. The van der Waals surface area contributed by atoms with Crippen molar-refractivity contribution in [1.29, 1.82) is 0 Å². The monoisotopic (exact) mass is 445 g/mol. The van der Waals surface area contributed by atoms with Crippen LogP contribution in [0.25, 0.3) is 21.3 Å². The first kappa shape index (κ1) is 19.5. The average Bonchev–Trinajstić information content (AvgIpc) is 3.26. The molecule has 0 spiro atoms. The van der Waals surface area contributed by atoms with Gasteiger partial charge in [-0.3, -0.25) is 14.9 Å². The number of nitrogens with one attached hydrogen (secondary N) is 2. The van der Waals surface area contributed by atoms with Crippen LogP contribution in [0.4, 0.5) is 15.2 Å². The normalized spacial score (nSPS) is 10.9. The predicted octanol–water partition coefficient (Wildman–Crippen LogP) is 6.03. The molecule has 9 heteroatoms. The Labute approximate surface area is 178 Å². The van der Waals surface area contributed by atoms with Gasteiger partial charge in [-0.2, -0.15) is 0 Å². The smallest absolute Gasteiger partial charge is 0.269 e. The average molecular weight is 446 g/mol. The summed E-state index contributed by atoms with van der Waals surface area (Å²) in [6, 6.07) is 11.5. The molecule has 0 saturated heterocycles. The molecule has 5 nitrogen and oxygen atoms in total. The van der Waals surface area contributed by atoms with Crippen molar-refractivity contribution in [3.05, 3.63) is 63.6 Å². The van der Waals surface area contributed by atoms with Crippen molar-refractivity contribution in [2.45, 2.75) is 6.92 Å². The van der Waals surface area contributed by atoms with Gasteiger partial charge in [-0.05, 0) is 30.3 Å². The van der Waals surface area contributed by atoms with E-state index in [2.05, 4.69) is 15.6 Å². The van der Waals surface area contributed by atoms with Crippen LogP contribution in [0, 0.1) is 5.82 Å². The van der Waals surface area contributed by atoms with Gasteiger partial charge in [0.15, 0.2) is 5.13 Å². The summed E-state index contributed by atoms with van der Waals surface area (Å²) in [7, 11) is 0. The van der Waals surface area contributed by atoms with E-state index in [9.17, 15) is 14.0 Å². The lowest BCUT2D eigenvalue weighted by molar-refractivity contribution is -0.114. The Morgan fingerprint density at radius 1 is 1.10 bits per heavy atom. The number of hydrogen-bond acceptors (Lipinski definition) is 5. The van der Waals surface area contributed by atoms with E-state index in [1.807, 2.05) is 17.5 Å². The molecule has 146 valence electrons. The molecule has 2 N–H and O–H groups in total. The molecule has 0 atom stereocenters. The Morgan fingerprint density at radius 3 is 2.59 bits per heavy atom. The number of thiophene rings is 1. The van der Waals surface area contributed by atoms with Crippen LogP contribution >= 0.6 is 34.3 Å². The third-order valence-corrected chi connectivity index (χ3v) is 6.44. The summed E-state index contributed by atoms with van der Waals surface area (Å²) in [6.45, 7) is 1.45. The molecule has 0 radical (unpaired) electrons. The molecule has 0 aliphatic rings. The summed E-state index contributed by atoms with van der Waals surface area (Å²) in [5.74, 6) is -0.908. The summed E-state index contributed by atoms with van der Waals surface area (Å²) in [4.78, 5) is 28.5. The molecule has 0 fully saturated rings. The SMILES string of the molecule is CC(=O)Nc1ccc(-c2csc(NC(=O)c3sc4cc(F)ccc4c3Cl)n2)cc1. The largest absolute Gasteiger partial charge is 0.326 e. The van der Waals surface area contributed by atoms with E-state index in [0.29, 0.717) is 36.5 Å². The molecule has 0 aliphatic carbocycles. The van der Waals surface area contributed by atoms with Gasteiger partial charge in [0.2, 0.25) is 5.91 Å². The van der Waals surface area contributed by atoms with Crippen LogP contribution in [0.5, 0.6) is 0 Å². The van der Waals surface area contributed by atoms with Crippen molar-refractivity contribution in [3.8, 4) is 11.3 Å². The van der Waals surface area contributed by atoms with E-state index in [0.717, 1.165) is 16.9 Å². The number of halogens is 2. The van der Waals surface area contributed by atoms with E-state index >= 15 is 0 Å². The predicted molar refractivity (Wildman–Crippen MR) is 117 cm³/mol. The molecule has 0 saturated carbocycles. The molecule has 0 unspecified atom stereocenters. The van der Waals surface area contributed by atoms with Crippen molar-refractivity contribution < 1.29 is 14.0 Å². The zero-order chi connectivity index (χ0) is 20.5. The molecule has 2 heterocycles. The minimum atomic E-state index is -0.390. The van der Waals surface area contributed by atoms with Crippen molar-refractivity contribution in [2.75, 3.05) is 10.6 Å². The summed E-state index contributed by atoms with van der Waals surface area (Å²) in [6.07, 6.45) is 0. The number of carbonyl (C=O) groups excluding carboxylic acids is 2. The van der Waals surface area contributed by atoms with Crippen molar-refractivity contribution in [3.63, 3.8) is 0 Å². The highest BCUT2D eigenvalue weighted by Gasteiger charge is 2.19. The van der Waals surface area contributed by atoms with Crippen molar-refractivity contribution >= 4 is 67.0 Å². The lowest BCUT2D eigenvalue weighted by Crippen LogP contribution is -2.10. The fraction of sp³-hybridized carbons (Fsp3) is 0.0500. The summed E-state index contributed by atoms with van der Waals surface area (Å²) in [5, 5.41) is 8.64. The van der Waals surface area contributed by atoms with Gasteiger partial charge in [0, 0.05) is 33.6 Å². The molecule has 2 aromatic heterocycles. The van der Waals surface area contributed by atoms with Crippen molar-refractivity contribution in [2.24, 2.45) is 0 Å². The lowest BCUT2D eigenvalue weighted by Gasteiger charge is -2.03. The molecule has 4 rings (SSSR count). The van der Waals surface area contributed by atoms with E-state index in [1.165, 1.54) is 30.4 Å². The molecule has 2 amide bonds. The number of aromatic nitrogens is 1. The van der Waals surface area contributed by atoms with Crippen LogP contribution in [-0.4, -0.2) is 16.8 Å². The highest BCUT2D eigenvalue weighted by molar-refractivity contribution is 7.22. The Kier molecular flexibility index (Phi) is 5.31. The molecule has 29 heavy (non-hydrogen) atoms. The fourth-order valence-corrected chi connectivity index (χ4v) is 4.88. The van der Waals surface area contributed by atoms with Gasteiger partial charge >= 0.3 is 0 Å². The van der Waals surface area contributed by atoms with Gasteiger partial charge in [-0.25, -0.2) is 9.37 Å². The van der Waals surface area contributed by atoms with Crippen molar-refractivity contribution in [1.82, 2.24) is 4.98 Å². The molecule has 0 bridgehead atoms. The molecule has 2 aromatic carbocycles. The van der Waals surface area contributed by atoms with Gasteiger partial charge in [0.05, 0.1) is 10.7 Å². The number of thiazole rings is 1. The van der Waals surface area contributed by atoms with E-state index in [1.54, 1.807) is 18.2 Å². The number of benzene rings is 2. The minimum Gasteiger partial charge on any atom is -0.326 e. The molecule has 0 aliphatic heterocycles. The summed E-state index contributed by atoms with van der Waals surface area (Å²) in [5.41, 5.74) is 2.25. The van der Waals surface area contributed by atoms with Gasteiger partial charge < -0.3 is 5.32 Å². The Balaban J connectivity index is 1.52. The van der Waals surface area contributed by atoms with Crippen LogP contribution in [0.1, 0.15) is 16.6 Å². The highest BCUT2D eigenvalue weighted by Crippen LogP contribution is 2.36. The summed E-state index contributed by atoms with van der Waals surface area (Å²) < 4.78 is 14.0. The number of amides is 2. The second-order valence-electron chi connectivity index (χ2n) is 6.14. The number of hydrogen-bond donors (Lipinski definition) is 2. The van der Waals surface area contributed by atoms with Crippen LogP contribution in [-0.2, 0) is 4.79 Å². The zero-order valence-electron chi connectivity index (χ0n) is 15.0. The maximum Gasteiger partial charge on any atom is 0.269 e. The highest BCUT2D eigenvalue weighted by atomic mass is 35.5. The van der Waals surface area contributed by atoms with Crippen LogP contribution in [0.2, 0.25) is 5.02 Å². The quantitative estimate of drug-likeness (QED) is 0.403. The molecular weight excluding hydrogens is 433 g/mol. The van der Waals surface area contributed by atoms with Crippen LogP contribution in [0.3, 0.4) is 0 Å². The minimum absolute atomic E-state index is 0.140. The van der Waals surface area contributed by atoms with Gasteiger partial charge in [-0.1, -0.05) is 23.7 Å². The van der Waals surface area contributed by atoms with Gasteiger partial charge in [-0.15, -0.1) is 22.7 Å². The molecular formula is C20H13ClFN3O2S2. The first-order valence-electron chi connectivity index (χ1n) is 8.43. The second-order valence-corrected chi connectivity index (χ2v) is 8.42. The Bertz CT molecular complexity index is 1230. The maximum absolute atomic E-state index is 13.4. The van der Waals surface area contributed by atoms with E-state index in [4.69, 9.17) is 11.6 Å². The zero-order valence-corrected chi connectivity index (χ0v) is 17.3. The number of anilines is 2. The van der Waals surface area contributed by atoms with Crippen LogP contribution in [0.15, 0.2) is 47.8 Å². The summed E-state index contributed by atoms with van der Waals surface area (Å²) >= 11 is 8.72. The third-order valence-electron chi connectivity index (χ3n) is 4.02. The number of fused-ring (bicyclic) bond motifs is 1. The topological polar surface area (TPSA) is 71.1 Å². The third kappa shape index (κ3) is 4.14. The Morgan fingerprint density at radius 2 is 1.86 bits per heavy atom. The number of nitrogens with zero attached hydrogens (tertiary/aromatic N) is 1. The van der Waals surface area contributed by atoms with E-state index in [-0.39, 0.29) is 11.7 Å². The molecule has 4 aromatic rings. The second kappa shape index (κ2) is 7.90.